The molecule has 0 aromatic carbocycles. The fraction of sp³-hybridized carbons (Fsp3) is 0.857. The zero-order chi connectivity index (χ0) is 13.7. The predicted octanol–water partition coefficient (Wildman–Crippen LogP) is 1.59. The van der Waals surface area contributed by atoms with E-state index in [-0.39, 0.29) is 29.7 Å². The molecule has 4 nitrogen and oxygen atoms in total. The molecule has 0 bridgehead atoms. The highest BCUT2D eigenvalue weighted by molar-refractivity contribution is 5.89. The molecule has 4 heteroatoms. The summed E-state index contributed by atoms with van der Waals surface area (Å²) in [6.07, 6.45) is 4.04. The number of carbonyl (C=O) groups excluding carboxylic acids is 2. The van der Waals surface area contributed by atoms with Crippen LogP contribution in [0.4, 0.5) is 0 Å². The maximum atomic E-state index is 12.2. The summed E-state index contributed by atoms with van der Waals surface area (Å²) in [6, 6.07) is -0.400. The molecule has 1 heterocycles. The number of Topliss-reactive ketones (excluding diaryl/α,β-unsaturated/α-hetero) is 1. The monoisotopic (exact) mass is 254 g/mol. The summed E-state index contributed by atoms with van der Waals surface area (Å²) in [5.74, 6) is 0.259. The number of likely N-dealkylation sites (tertiary alicyclic amines) is 1. The highest BCUT2D eigenvalue weighted by atomic mass is 16.2. The lowest BCUT2D eigenvalue weighted by molar-refractivity contribution is -0.132. The number of nitrogens with one attached hydrogen (secondary N) is 1. The minimum absolute atomic E-state index is 0.0118. The van der Waals surface area contributed by atoms with Gasteiger partial charge in [-0.05, 0) is 39.3 Å². The Kier molecular flexibility index (Phi) is 5.79. The van der Waals surface area contributed by atoms with Crippen LogP contribution in [0, 0.1) is 5.92 Å². The Morgan fingerprint density at radius 2 is 2.06 bits per heavy atom. The topological polar surface area (TPSA) is 49.4 Å². The smallest absolute Gasteiger partial charge is 0.237 e. The summed E-state index contributed by atoms with van der Waals surface area (Å²) in [5, 5.41) is 2.94. The zero-order valence-electron chi connectivity index (χ0n) is 12.0. The fourth-order valence-electron chi connectivity index (χ4n) is 2.54. The summed E-state index contributed by atoms with van der Waals surface area (Å²) in [4.78, 5) is 25.9. The van der Waals surface area contributed by atoms with Gasteiger partial charge in [0, 0.05) is 0 Å². The maximum Gasteiger partial charge on any atom is 0.237 e. The summed E-state index contributed by atoms with van der Waals surface area (Å²) >= 11 is 0. The molecule has 0 aliphatic carbocycles. The molecule has 0 aromatic heterocycles. The Balaban J connectivity index is 2.63. The van der Waals surface area contributed by atoms with Crippen LogP contribution in [0.3, 0.4) is 0 Å². The Labute approximate surface area is 110 Å². The van der Waals surface area contributed by atoms with Gasteiger partial charge in [-0.3, -0.25) is 14.5 Å². The number of hydrogen-bond acceptors (Lipinski definition) is 3. The number of piperidine rings is 1. The van der Waals surface area contributed by atoms with Gasteiger partial charge < -0.3 is 5.32 Å². The minimum atomic E-state index is -0.335. The van der Waals surface area contributed by atoms with Crippen molar-refractivity contribution in [2.24, 2.45) is 5.92 Å². The molecule has 104 valence electrons. The molecule has 1 fully saturated rings. The first kappa shape index (κ1) is 15.2. The SMILES string of the molecule is CC[C@H](C)[C@H](NC(=O)C1CCCCN1C)C(C)=O. The third-order valence-corrected chi connectivity index (χ3v) is 4.02. The van der Waals surface area contributed by atoms with E-state index in [4.69, 9.17) is 0 Å². The van der Waals surface area contributed by atoms with Gasteiger partial charge in [0.15, 0.2) is 5.78 Å². The summed E-state index contributed by atoms with van der Waals surface area (Å²) < 4.78 is 0. The lowest BCUT2D eigenvalue weighted by Crippen LogP contribution is -2.53. The summed E-state index contributed by atoms with van der Waals surface area (Å²) in [7, 11) is 1.98. The van der Waals surface area contributed by atoms with Gasteiger partial charge in [-0.25, -0.2) is 0 Å². The van der Waals surface area contributed by atoms with E-state index in [0.717, 1.165) is 32.2 Å². The largest absolute Gasteiger partial charge is 0.345 e. The van der Waals surface area contributed by atoms with Gasteiger partial charge in [0.05, 0.1) is 12.1 Å². The van der Waals surface area contributed by atoms with E-state index in [0.29, 0.717) is 0 Å². The van der Waals surface area contributed by atoms with E-state index in [9.17, 15) is 9.59 Å². The average Bonchev–Trinajstić information content (AvgIpc) is 2.35. The lowest BCUT2D eigenvalue weighted by atomic mass is 9.95. The molecule has 1 amide bonds. The van der Waals surface area contributed by atoms with E-state index in [2.05, 4.69) is 10.2 Å². The van der Waals surface area contributed by atoms with Crippen molar-refractivity contribution in [3.05, 3.63) is 0 Å². The molecule has 1 aliphatic rings. The van der Waals surface area contributed by atoms with Crippen molar-refractivity contribution in [2.75, 3.05) is 13.6 Å². The Morgan fingerprint density at radius 3 is 2.56 bits per heavy atom. The third kappa shape index (κ3) is 3.80. The van der Waals surface area contributed by atoms with Gasteiger partial charge in [0.1, 0.15) is 0 Å². The van der Waals surface area contributed by atoms with Gasteiger partial charge in [-0.15, -0.1) is 0 Å². The first-order chi connectivity index (χ1) is 8.47. The van der Waals surface area contributed by atoms with Crippen molar-refractivity contribution < 1.29 is 9.59 Å². The van der Waals surface area contributed by atoms with Gasteiger partial charge in [-0.2, -0.15) is 0 Å². The van der Waals surface area contributed by atoms with Crippen LogP contribution < -0.4 is 5.32 Å². The molecule has 0 aromatic rings. The Hall–Kier alpha value is -0.900. The van der Waals surface area contributed by atoms with Gasteiger partial charge in [-0.1, -0.05) is 26.7 Å². The molecule has 1 rings (SSSR count). The van der Waals surface area contributed by atoms with Crippen molar-refractivity contribution in [1.29, 1.82) is 0 Å². The maximum absolute atomic E-state index is 12.2. The van der Waals surface area contributed by atoms with Crippen LogP contribution in [0.25, 0.3) is 0 Å². The molecule has 0 saturated carbocycles. The molecular weight excluding hydrogens is 228 g/mol. The quantitative estimate of drug-likeness (QED) is 0.810. The number of likely N-dealkylation sites (N-methyl/N-ethyl adjacent to an activating group) is 1. The van der Waals surface area contributed by atoms with E-state index < -0.39 is 0 Å². The second-order valence-corrected chi connectivity index (χ2v) is 5.47. The molecule has 1 N–H and O–H groups in total. The van der Waals surface area contributed by atoms with Crippen molar-refractivity contribution >= 4 is 11.7 Å². The summed E-state index contributed by atoms with van der Waals surface area (Å²) in [6.45, 7) is 6.57. The van der Waals surface area contributed by atoms with Crippen molar-refractivity contribution in [3.63, 3.8) is 0 Å². The number of rotatable bonds is 5. The normalized spacial score (nSPS) is 24.3. The first-order valence-corrected chi connectivity index (χ1v) is 6.98. The highest BCUT2D eigenvalue weighted by Gasteiger charge is 2.30. The Bertz CT molecular complexity index is 304. The number of hydrogen-bond donors (Lipinski definition) is 1. The van der Waals surface area contributed by atoms with Crippen molar-refractivity contribution in [1.82, 2.24) is 10.2 Å². The van der Waals surface area contributed by atoms with Crippen molar-refractivity contribution in [2.45, 2.75) is 58.5 Å². The molecule has 0 radical (unpaired) electrons. The van der Waals surface area contributed by atoms with E-state index in [1.807, 2.05) is 20.9 Å². The zero-order valence-corrected chi connectivity index (χ0v) is 12.0. The second kappa shape index (κ2) is 6.88. The van der Waals surface area contributed by atoms with E-state index in [1.165, 1.54) is 0 Å². The van der Waals surface area contributed by atoms with E-state index >= 15 is 0 Å². The van der Waals surface area contributed by atoms with Gasteiger partial charge in [0.2, 0.25) is 5.91 Å². The van der Waals surface area contributed by atoms with Crippen LogP contribution in [-0.4, -0.2) is 42.3 Å². The highest BCUT2D eigenvalue weighted by Crippen LogP contribution is 2.16. The minimum Gasteiger partial charge on any atom is -0.345 e. The third-order valence-electron chi connectivity index (χ3n) is 4.02. The predicted molar refractivity (Wildman–Crippen MR) is 72.3 cm³/mol. The molecule has 0 spiro atoms. The van der Waals surface area contributed by atoms with Crippen LogP contribution >= 0.6 is 0 Å². The number of ketones is 1. The van der Waals surface area contributed by atoms with Crippen LogP contribution in [0.15, 0.2) is 0 Å². The molecule has 1 saturated heterocycles. The number of nitrogens with zero attached hydrogens (tertiary/aromatic N) is 1. The molecule has 1 unspecified atom stereocenters. The van der Waals surface area contributed by atoms with Crippen LogP contribution in [0.5, 0.6) is 0 Å². The number of amides is 1. The second-order valence-electron chi connectivity index (χ2n) is 5.47. The molecule has 3 atom stereocenters. The molecule has 1 aliphatic heterocycles. The fourth-order valence-corrected chi connectivity index (χ4v) is 2.54. The lowest BCUT2D eigenvalue weighted by Gasteiger charge is -2.33. The molecule has 18 heavy (non-hydrogen) atoms. The molecular formula is C14H26N2O2. The van der Waals surface area contributed by atoms with Gasteiger partial charge >= 0.3 is 0 Å². The summed E-state index contributed by atoms with van der Waals surface area (Å²) in [5.41, 5.74) is 0. The first-order valence-electron chi connectivity index (χ1n) is 6.98. The number of carbonyl (C=O) groups is 2. The van der Waals surface area contributed by atoms with Crippen LogP contribution in [0.2, 0.25) is 0 Å². The van der Waals surface area contributed by atoms with E-state index in [1.54, 1.807) is 6.92 Å². The van der Waals surface area contributed by atoms with Gasteiger partial charge in [0.25, 0.3) is 0 Å². The average molecular weight is 254 g/mol. The standard InChI is InChI=1S/C14H26N2O2/c1-5-10(2)13(11(3)17)15-14(18)12-8-6-7-9-16(12)4/h10,12-13H,5-9H2,1-4H3,(H,15,18)/t10-,12?,13-/m0/s1. The Morgan fingerprint density at radius 1 is 1.39 bits per heavy atom. The van der Waals surface area contributed by atoms with Crippen molar-refractivity contribution in [3.8, 4) is 0 Å². The van der Waals surface area contributed by atoms with Crippen LogP contribution in [-0.2, 0) is 9.59 Å². The van der Waals surface area contributed by atoms with Crippen LogP contribution in [0.1, 0.15) is 46.5 Å².